The summed E-state index contributed by atoms with van der Waals surface area (Å²) in [6.07, 6.45) is 1.25. The van der Waals surface area contributed by atoms with Gasteiger partial charge in [0, 0.05) is 0 Å². The monoisotopic (exact) mass is 222 g/mol. The molecule has 0 saturated carbocycles. The van der Waals surface area contributed by atoms with Crippen molar-refractivity contribution in [2.75, 3.05) is 0 Å². The van der Waals surface area contributed by atoms with E-state index in [1.807, 2.05) is 13.0 Å². The Bertz CT molecular complexity index is 394. The Morgan fingerprint density at radius 1 is 1.25 bits per heavy atom. The largest absolute Gasteiger partial charge is 0.508 e. The highest BCUT2D eigenvalue weighted by atomic mass is 16.4. The van der Waals surface area contributed by atoms with Crippen LogP contribution in [0.3, 0.4) is 0 Å². The predicted octanol–water partition coefficient (Wildman–Crippen LogP) is 2.61. The van der Waals surface area contributed by atoms with Crippen molar-refractivity contribution >= 4 is 5.97 Å². The van der Waals surface area contributed by atoms with Crippen LogP contribution in [0.4, 0.5) is 0 Å². The van der Waals surface area contributed by atoms with Crippen LogP contribution in [-0.2, 0) is 17.6 Å². The number of carbonyl (C=O) groups is 1. The van der Waals surface area contributed by atoms with Gasteiger partial charge in [-0.3, -0.25) is 4.79 Å². The fourth-order valence-electron chi connectivity index (χ4n) is 1.64. The van der Waals surface area contributed by atoms with Crippen LogP contribution in [0.15, 0.2) is 18.2 Å². The van der Waals surface area contributed by atoms with E-state index in [0.29, 0.717) is 6.42 Å². The number of carboxylic acids is 1. The number of carboxylic acid groups (broad SMARTS) is 1. The quantitative estimate of drug-likeness (QED) is 0.823. The number of hydrogen-bond acceptors (Lipinski definition) is 2. The van der Waals surface area contributed by atoms with Gasteiger partial charge in [-0.15, -0.1) is 0 Å². The summed E-state index contributed by atoms with van der Waals surface area (Å²) in [4.78, 5) is 11.0. The van der Waals surface area contributed by atoms with Gasteiger partial charge < -0.3 is 10.2 Å². The summed E-state index contributed by atoms with van der Waals surface area (Å²) in [7, 11) is 0. The highest BCUT2D eigenvalue weighted by Crippen LogP contribution is 2.25. The van der Waals surface area contributed by atoms with E-state index >= 15 is 0 Å². The first-order valence-electron chi connectivity index (χ1n) is 5.40. The highest BCUT2D eigenvalue weighted by molar-refractivity contribution is 5.74. The van der Waals surface area contributed by atoms with E-state index < -0.39 is 11.4 Å². The highest BCUT2D eigenvalue weighted by Gasteiger charge is 2.27. The zero-order valence-corrected chi connectivity index (χ0v) is 9.95. The first-order chi connectivity index (χ1) is 7.35. The van der Waals surface area contributed by atoms with E-state index in [9.17, 15) is 9.90 Å². The fraction of sp³-hybridized carbons (Fsp3) is 0.462. The van der Waals surface area contributed by atoms with Gasteiger partial charge in [0.2, 0.25) is 0 Å². The molecule has 0 saturated heterocycles. The van der Waals surface area contributed by atoms with Gasteiger partial charge in [-0.25, -0.2) is 0 Å². The number of aryl methyl sites for hydroxylation is 1. The molecular weight excluding hydrogens is 204 g/mol. The summed E-state index contributed by atoms with van der Waals surface area (Å²) < 4.78 is 0. The zero-order chi connectivity index (χ0) is 12.3. The number of benzene rings is 1. The van der Waals surface area contributed by atoms with Gasteiger partial charge in [0.1, 0.15) is 5.75 Å². The summed E-state index contributed by atoms with van der Waals surface area (Å²) in [5.74, 6) is -0.621. The Kier molecular flexibility index (Phi) is 3.58. The molecule has 3 heteroatoms. The van der Waals surface area contributed by atoms with Crippen molar-refractivity contribution in [3.63, 3.8) is 0 Å². The second-order valence-corrected chi connectivity index (χ2v) is 4.73. The van der Waals surface area contributed by atoms with E-state index in [4.69, 9.17) is 5.11 Å². The van der Waals surface area contributed by atoms with Gasteiger partial charge in [0.15, 0.2) is 0 Å². The van der Waals surface area contributed by atoms with Crippen LogP contribution in [0.1, 0.15) is 31.9 Å². The molecule has 1 rings (SSSR count). The molecule has 3 nitrogen and oxygen atoms in total. The van der Waals surface area contributed by atoms with Gasteiger partial charge in [-0.1, -0.05) is 13.0 Å². The van der Waals surface area contributed by atoms with Crippen molar-refractivity contribution in [2.45, 2.75) is 33.6 Å². The average molecular weight is 222 g/mol. The Morgan fingerprint density at radius 3 is 2.31 bits per heavy atom. The SMILES string of the molecule is CCc1cc(O)cc(CC(C)(C)C(=O)O)c1. The molecule has 0 spiro atoms. The summed E-state index contributed by atoms with van der Waals surface area (Å²) >= 11 is 0. The minimum atomic E-state index is -0.825. The lowest BCUT2D eigenvalue weighted by atomic mass is 9.85. The zero-order valence-electron chi connectivity index (χ0n) is 9.95. The molecule has 0 aromatic heterocycles. The van der Waals surface area contributed by atoms with Gasteiger partial charge in [-0.2, -0.15) is 0 Å². The molecule has 88 valence electrons. The number of phenolic OH excluding ortho intramolecular Hbond substituents is 1. The maximum absolute atomic E-state index is 11.0. The molecule has 0 aliphatic heterocycles. The van der Waals surface area contributed by atoms with Crippen LogP contribution in [-0.4, -0.2) is 16.2 Å². The molecule has 0 fully saturated rings. The van der Waals surface area contributed by atoms with Crippen molar-refractivity contribution in [2.24, 2.45) is 5.41 Å². The van der Waals surface area contributed by atoms with Crippen molar-refractivity contribution in [3.05, 3.63) is 29.3 Å². The third-order valence-electron chi connectivity index (χ3n) is 2.67. The van der Waals surface area contributed by atoms with Crippen LogP contribution in [0.2, 0.25) is 0 Å². The molecule has 0 radical (unpaired) electrons. The lowest BCUT2D eigenvalue weighted by Gasteiger charge is -2.19. The molecular formula is C13H18O3. The van der Waals surface area contributed by atoms with E-state index in [0.717, 1.165) is 17.5 Å². The molecule has 0 unspecified atom stereocenters. The Morgan fingerprint density at radius 2 is 1.81 bits per heavy atom. The van der Waals surface area contributed by atoms with E-state index in [1.165, 1.54) is 0 Å². The first-order valence-corrected chi connectivity index (χ1v) is 5.40. The molecule has 1 aromatic carbocycles. The van der Waals surface area contributed by atoms with E-state index in [-0.39, 0.29) is 5.75 Å². The van der Waals surface area contributed by atoms with Crippen molar-refractivity contribution < 1.29 is 15.0 Å². The number of phenols is 1. The summed E-state index contributed by atoms with van der Waals surface area (Å²) in [5, 5.41) is 18.5. The van der Waals surface area contributed by atoms with E-state index in [2.05, 4.69) is 0 Å². The molecule has 0 aliphatic rings. The van der Waals surface area contributed by atoms with Crippen LogP contribution in [0.5, 0.6) is 5.75 Å². The predicted molar refractivity (Wildman–Crippen MR) is 62.6 cm³/mol. The van der Waals surface area contributed by atoms with Gasteiger partial charge >= 0.3 is 5.97 Å². The minimum Gasteiger partial charge on any atom is -0.508 e. The molecule has 0 amide bonds. The van der Waals surface area contributed by atoms with Gasteiger partial charge in [0.05, 0.1) is 5.41 Å². The van der Waals surface area contributed by atoms with Crippen molar-refractivity contribution in [3.8, 4) is 5.75 Å². The minimum absolute atomic E-state index is 0.204. The number of hydrogen-bond donors (Lipinski definition) is 2. The molecule has 0 heterocycles. The molecule has 1 aromatic rings. The topological polar surface area (TPSA) is 57.5 Å². The first kappa shape index (κ1) is 12.6. The van der Waals surface area contributed by atoms with Crippen LogP contribution < -0.4 is 0 Å². The Hall–Kier alpha value is -1.51. The molecule has 0 atom stereocenters. The summed E-state index contributed by atoms with van der Waals surface area (Å²) in [6.45, 7) is 5.37. The summed E-state index contributed by atoms with van der Waals surface area (Å²) in [6, 6.07) is 5.28. The Labute approximate surface area is 95.7 Å². The number of rotatable bonds is 4. The van der Waals surface area contributed by atoms with Crippen LogP contribution >= 0.6 is 0 Å². The normalized spacial score (nSPS) is 11.4. The fourth-order valence-corrected chi connectivity index (χ4v) is 1.64. The van der Waals surface area contributed by atoms with Crippen molar-refractivity contribution in [1.82, 2.24) is 0 Å². The third kappa shape index (κ3) is 2.99. The molecule has 0 aliphatic carbocycles. The average Bonchev–Trinajstić information content (AvgIpc) is 2.15. The van der Waals surface area contributed by atoms with Gasteiger partial charge in [-0.05, 0) is 49.9 Å². The standard InChI is InChI=1S/C13H18O3/c1-4-9-5-10(7-11(14)6-9)8-13(2,3)12(15)16/h5-7,14H,4,8H2,1-3H3,(H,15,16). The van der Waals surface area contributed by atoms with Gasteiger partial charge in [0.25, 0.3) is 0 Å². The van der Waals surface area contributed by atoms with Crippen LogP contribution in [0, 0.1) is 5.41 Å². The molecule has 2 N–H and O–H groups in total. The third-order valence-corrected chi connectivity index (χ3v) is 2.67. The number of aliphatic carboxylic acids is 1. The Balaban J connectivity index is 2.97. The maximum Gasteiger partial charge on any atom is 0.309 e. The maximum atomic E-state index is 11.0. The van der Waals surface area contributed by atoms with E-state index in [1.54, 1.807) is 26.0 Å². The second kappa shape index (κ2) is 4.56. The smallest absolute Gasteiger partial charge is 0.309 e. The lowest BCUT2D eigenvalue weighted by molar-refractivity contribution is -0.146. The lowest BCUT2D eigenvalue weighted by Crippen LogP contribution is -2.26. The number of aromatic hydroxyl groups is 1. The molecule has 16 heavy (non-hydrogen) atoms. The molecule has 0 bridgehead atoms. The van der Waals surface area contributed by atoms with Crippen LogP contribution in [0.25, 0.3) is 0 Å². The van der Waals surface area contributed by atoms with Crippen molar-refractivity contribution in [1.29, 1.82) is 0 Å². The second-order valence-electron chi connectivity index (χ2n) is 4.73. The summed E-state index contributed by atoms with van der Waals surface area (Å²) in [5.41, 5.74) is 1.08.